The van der Waals surface area contributed by atoms with Crippen molar-refractivity contribution in [3.63, 3.8) is 0 Å². The Bertz CT molecular complexity index is 585. The summed E-state index contributed by atoms with van der Waals surface area (Å²) in [5.74, 6) is 0.514. The van der Waals surface area contributed by atoms with Gasteiger partial charge in [-0.2, -0.15) is 0 Å². The summed E-state index contributed by atoms with van der Waals surface area (Å²) in [5.41, 5.74) is 6.21. The third-order valence-electron chi connectivity index (χ3n) is 2.72. The summed E-state index contributed by atoms with van der Waals surface area (Å²) < 4.78 is 5.33. The van der Waals surface area contributed by atoms with E-state index in [0.717, 1.165) is 16.5 Å². The minimum atomic E-state index is -0.539. The molecule has 0 aliphatic carbocycles. The Hall–Kier alpha value is -1.78. The molecule has 0 radical (unpaired) electrons. The Morgan fingerprint density at radius 1 is 1.32 bits per heavy atom. The second-order valence-corrected chi connectivity index (χ2v) is 4.18. The molecule has 4 nitrogen and oxygen atoms in total. The molecule has 0 heterocycles. The maximum atomic E-state index is 11.6. The van der Waals surface area contributed by atoms with E-state index in [-0.39, 0.29) is 18.3 Å². The number of amides is 1. The maximum absolute atomic E-state index is 11.6. The fraction of sp³-hybridized carbons (Fsp3) is 0.214. The van der Waals surface area contributed by atoms with Gasteiger partial charge < -0.3 is 15.8 Å². The van der Waals surface area contributed by atoms with Crippen LogP contribution in [0.3, 0.4) is 0 Å². The zero-order chi connectivity index (χ0) is 13.1. The van der Waals surface area contributed by atoms with Gasteiger partial charge in [0.15, 0.2) is 0 Å². The van der Waals surface area contributed by atoms with Gasteiger partial charge in [0.2, 0.25) is 5.91 Å². The smallest absolute Gasteiger partial charge is 0.241 e. The zero-order valence-electron chi connectivity index (χ0n) is 10.8. The number of ether oxygens (including phenoxy) is 1. The quantitative estimate of drug-likeness (QED) is 0.908. The number of halogens is 1. The summed E-state index contributed by atoms with van der Waals surface area (Å²) in [6, 6.07) is 11.0. The van der Waals surface area contributed by atoms with Gasteiger partial charge in [0.1, 0.15) is 5.75 Å². The second kappa shape index (κ2) is 6.41. The summed E-state index contributed by atoms with van der Waals surface area (Å²) in [6.07, 6.45) is 0. The van der Waals surface area contributed by atoms with Crippen LogP contribution in [0, 0.1) is 0 Å². The highest BCUT2D eigenvalue weighted by Gasteiger charge is 2.10. The molecule has 0 bridgehead atoms. The molecule has 5 heteroatoms. The molecule has 0 saturated heterocycles. The molecule has 2 aromatic rings. The Morgan fingerprint density at radius 3 is 2.63 bits per heavy atom. The highest BCUT2D eigenvalue weighted by atomic mass is 35.5. The molecular formula is C14H17ClN2O2. The van der Waals surface area contributed by atoms with Gasteiger partial charge in [-0.1, -0.05) is 24.3 Å². The first-order chi connectivity index (χ1) is 8.61. The molecule has 19 heavy (non-hydrogen) atoms. The van der Waals surface area contributed by atoms with Crippen molar-refractivity contribution in [3.8, 4) is 5.75 Å². The highest BCUT2D eigenvalue weighted by Crippen LogP contribution is 2.29. The minimum absolute atomic E-state index is 0. The number of benzene rings is 2. The van der Waals surface area contributed by atoms with E-state index in [0.29, 0.717) is 5.69 Å². The SMILES string of the molecule is COc1cc(NC(=O)C(C)N)cc2ccccc12.Cl. The van der Waals surface area contributed by atoms with Crippen LogP contribution in [-0.2, 0) is 4.79 Å². The first-order valence-corrected chi connectivity index (χ1v) is 5.75. The number of hydrogen-bond donors (Lipinski definition) is 2. The summed E-state index contributed by atoms with van der Waals surface area (Å²) in [4.78, 5) is 11.6. The number of carbonyl (C=O) groups excluding carboxylic acids is 1. The molecule has 102 valence electrons. The molecule has 2 rings (SSSR count). The van der Waals surface area contributed by atoms with Crippen LogP contribution < -0.4 is 15.8 Å². The fourth-order valence-electron chi connectivity index (χ4n) is 1.77. The molecule has 1 amide bonds. The number of anilines is 1. The van der Waals surface area contributed by atoms with E-state index in [1.54, 1.807) is 20.1 Å². The summed E-state index contributed by atoms with van der Waals surface area (Å²) in [6.45, 7) is 1.65. The van der Waals surface area contributed by atoms with Gasteiger partial charge in [-0.15, -0.1) is 12.4 Å². The molecule has 0 aliphatic heterocycles. The van der Waals surface area contributed by atoms with E-state index in [4.69, 9.17) is 10.5 Å². The maximum Gasteiger partial charge on any atom is 0.241 e. The number of carbonyl (C=O) groups is 1. The van der Waals surface area contributed by atoms with Gasteiger partial charge in [0, 0.05) is 17.1 Å². The van der Waals surface area contributed by atoms with Crippen molar-refractivity contribution in [3.05, 3.63) is 36.4 Å². The Morgan fingerprint density at radius 2 is 2.00 bits per heavy atom. The molecular weight excluding hydrogens is 264 g/mol. The zero-order valence-corrected chi connectivity index (χ0v) is 11.7. The Kier molecular flexibility index (Phi) is 5.15. The molecule has 0 fully saturated rings. The average molecular weight is 281 g/mol. The van der Waals surface area contributed by atoms with E-state index >= 15 is 0 Å². The van der Waals surface area contributed by atoms with E-state index in [9.17, 15) is 4.79 Å². The lowest BCUT2D eigenvalue weighted by atomic mass is 10.1. The molecule has 0 aromatic heterocycles. The molecule has 3 N–H and O–H groups in total. The third-order valence-corrected chi connectivity index (χ3v) is 2.72. The Labute approximate surface area is 118 Å². The monoisotopic (exact) mass is 280 g/mol. The van der Waals surface area contributed by atoms with E-state index in [2.05, 4.69) is 5.32 Å². The van der Waals surface area contributed by atoms with E-state index in [1.165, 1.54) is 0 Å². The van der Waals surface area contributed by atoms with Gasteiger partial charge >= 0.3 is 0 Å². The van der Waals surface area contributed by atoms with Gasteiger partial charge in [-0.05, 0) is 18.4 Å². The summed E-state index contributed by atoms with van der Waals surface area (Å²) in [5, 5.41) is 4.79. The summed E-state index contributed by atoms with van der Waals surface area (Å²) in [7, 11) is 1.61. The fourth-order valence-corrected chi connectivity index (χ4v) is 1.77. The van der Waals surface area contributed by atoms with Crippen LogP contribution in [0.1, 0.15) is 6.92 Å². The number of nitrogens with two attached hydrogens (primary N) is 1. The summed E-state index contributed by atoms with van der Waals surface area (Å²) >= 11 is 0. The molecule has 0 spiro atoms. The van der Waals surface area contributed by atoms with E-state index in [1.807, 2.05) is 30.3 Å². The topological polar surface area (TPSA) is 64.3 Å². The largest absolute Gasteiger partial charge is 0.496 e. The second-order valence-electron chi connectivity index (χ2n) is 4.18. The first kappa shape index (κ1) is 15.3. The van der Waals surface area contributed by atoms with Gasteiger partial charge in [0.25, 0.3) is 0 Å². The lowest BCUT2D eigenvalue weighted by Gasteiger charge is -2.11. The number of hydrogen-bond acceptors (Lipinski definition) is 3. The van der Waals surface area contributed by atoms with Crippen molar-refractivity contribution in [1.82, 2.24) is 0 Å². The van der Waals surface area contributed by atoms with Gasteiger partial charge in [-0.3, -0.25) is 4.79 Å². The number of fused-ring (bicyclic) bond motifs is 1. The first-order valence-electron chi connectivity index (χ1n) is 5.75. The molecule has 1 atom stereocenters. The van der Waals surface area contributed by atoms with Gasteiger partial charge in [0.05, 0.1) is 13.2 Å². The van der Waals surface area contributed by atoms with Crippen molar-refractivity contribution in [2.75, 3.05) is 12.4 Å². The van der Waals surface area contributed by atoms with Crippen molar-refractivity contribution in [2.24, 2.45) is 5.73 Å². The molecule has 2 aromatic carbocycles. The standard InChI is InChI=1S/C14H16N2O2.ClH/c1-9(15)14(17)16-11-7-10-5-3-4-6-12(10)13(8-11)18-2;/h3-9H,15H2,1-2H3,(H,16,17);1H. The molecule has 0 aliphatic rings. The van der Waals surface area contributed by atoms with Crippen LogP contribution in [-0.4, -0.2) is 19.1 Å². The van der Waals surface area contributed by atoms with Crippen LogP contribution in [0.5, 0.6) is 5.75 Å². The number of rotatable bonds is 3. The normalized spacial score (nSPS) is 11.5. The average Bonchev–Trinajstić information content (AvgIpc) is 2.37. The molecule has 0 saturated carbocycles. The van der Waals surface area contributed by atoms with Crippen molar-refractivity contribution in [2.45, 2.75) is 13.0 Å². The van der Waals surface area contributed by atoms with Crippen LogP contribution in [0.4, 0.5) is 5.69 Å². The van der Waals surface area contributed by atoms with E-state index < -0.39 is 6.04 Å². The predicted octanol–water partition coefficient (Wildman–Crippen LogP) is 2.56. The Balaban J connectivity index is 0.00000180. The van der Waals surface area contributed by atoms with Crippen LogP contribution >= 0.6 is 12.4 Å². The third kappa shape index (κ3) is 3.36. The number of methoxy groups -OCH3 is 1. The minimum Gasteiger partial charge on any atom is -0.496 e. The van der Waals surface area contributed by atoms with Crippen molar-refractivity contribution < 1.29 is 9.53 Å². The van der Waals surface area contributed by atoms with Crippen LogP contribution in [0.15, 0.2) is 36.4 Å². The molecule has 1 unspecified atom stereocenters. The van der Waals surface area contributed by atoms with Crippen molar-refractivity contribution in [1.29, 1.82) is 0 Å². The highest BCUT2D eigenvalue weighted by molar-refractivity contribution is 5.98. The lowest BCUT2D eigenvalue weighted by Crippen LogP contribution is -2.32. The van der Waals surface area contributed by atoms with Crippen LogP contribution in [0.25, 0.3) is 10.8 Å². The lowest BCUT2D eigenvalue weighted by molar-refractivity contribution is -0.117. The van der Waals surface area contributed by atoms with Crippen molar-refractivity contribution >= 4 is 34.8 Å². The van der Waals surface area contributed by atoms with Gasteiger partial charge in [-0.25, -0.2) is 0 Å². The predicted molar refractivity (Wildman–Crippen MR) is 80.0 cm³/mol. The number of nitrogens with one attached hydrogen (secondary N) is 1. The van der Waals surface area contributed by atoms with Crippen LogP contribution in [0.2, 0.25) is 0 Å².